The summed E-state index contributed by atoms with van der Waals surface area (Å²) in [6.45, 7) is 4.56. The summed E-state index contributed by atoms with van der Waals surface area (Å²) in [5.74, 6) is 0.701. The number of carbonyl (C=O) groups excluding carboxylic acids is 1. The Morgan fingerprint density at radius 2 is 2.00 bits per heavy atom. The number of hydrogen-bond donors (Lipinski definition) is 1. The third-order valence-electron chi connectivity index (χ3n) is 3.91. The minimum Gasteiger partial charge on any atom is -0.378 e. The van der Waals surface area contributed by atoms with E-state index in [4.69, 9.17) is 4.74 Å². The second-order valence-corrected chi connectivity index (χ2v) is 5.25. The molecule has 0 saturated carbocycles. The molecule has 3 aliphatic heterocycles. The number of carbonyl (C=O) groups is 1. The first-order chi connectivity index (χ1) is 9.79. The SMILES string of the molecule is O=C1CN2Cc3cc(N4CCOCC4)ccc3N=C2N1. The van der Waals surface area contributed by atoms with E-state index in [1.54, 1.807) is 0 Å². The maximum atomic E-state index is 11.4. The fraction of sp³-hybridized carbons (Fsp3) is 0.429. The molecule has 0 aliphatic carbocycles. The Labute approximate surface area is 117 Å². The molecular weight excluding hydrogens is 256 g/mol. The molecule has 0 aromatic heterocycles. The smallest absolute Gasteiger partial charge is 0.246 e. The highest BCUT2D eigenvalue weighted by molar-refractivity contribution is 6.05. The highest BCUT2D eigenvalue weighted by Gasteiger charge is 2.29. The average Bonchev–Trinajstić information content (AvgIpc) is 2.84. The molecule has 0 radical (unpaired) electrons. The summed E-state index contributed by atoms with van der Waals surface area (Å²) in [7, 11) is 0. The van der Waals surface area contributed by atoms with Crippen molar-refractivity contribution in [1.82, 2.24) is 10.2 Å². The Balaban J connectivity index is 1.64. The van der Waals surface area contributed by atoms with Crippen molar-refractivity contribution in [1.29, 1.82) is 0 Å². The molecular formula is C14H16N4O2. The van der Waals surface area contributed by atoms with Gasteiger partial charge in [-0.2, -0.15) is 0 Å². The van der Waals surface area contributed by atoms with Crippen LogP contribution >= 0.6 is 0 Å². The molecule has 0 spiro atoms. The normalized spacial score (nSPS) is 21.2. The van der Waals surface area contributed by atoms with E-state index in [-0.39, 0.29) is 5.91 Å². The van der Waals surface area contributed by atoms with Gasteiger partial charge in [0.05, 0.1) is 18.9 Å². The topological polar surface area (TPSA) is 57.2 Å². The molecule has 3 aliphatic rings. The first-order valence-electron chi connectivity index (χ1n) is 6.89. The van der Waals surface area contributed by atoms with Gasteiger partial charge in [0.15, 0.2) is 0 Å². The lowest BCUT2D eigenvalue weighted by atomic mass is 10.1. The van der Waals surface area contributed by atoms with Crippen LogP contribution in [0.15, 0.2) is 23.2 Å². The Bertz CT molecular complexity index is 593. The molecule has 3 heterocycles. The number of hydrogen-bond acceptors (Lipinski definition) is 5. The number of rotatable bonds is 1. The highest BCUT2D eigenvalue weighted by atomic mass is 16.5. The van der Waals surface area contributed by atoms with Crippen LogP contribution in [0.4, 0.5) is 11.4 Å². The number of nitrogens with one attached hydrogen (secondary N) is 1. The van der Waals surface area contributed by atoms with Gasteiger partial charge in [-0.3, -0.25) is 10.1 Å². The Kier molecular flexibility index (Phi) is 2.63. The van der Waals surface area contributed by atoms with Crippen molar-refractivity contribution in [2.45, 2.75) is 6.54 Å². The lowest BCUT2D eigenvalue weighted by Gasteiger charge is -2.30. The highest BCUT2D eigenvalue weighted by Crippen LogP contribution is 2.31. The standard InChI is InChI=1S/C14H16N4O2/c19-13-9-18-8-10-7-11(17-3-5-20-6-4-17)1-2-12(10)15-14(18)16-13/h1-2,7H,3-6,8-9H2,(H,15,16,19). The van der Waals surface area contributed by atoms with E-state index >= 15 is 0 Å². The summed E-state index contributed by atoms with van der Waals surface area (Å²) in [6.07, 6.45) is 0. The third-order valence-corrected chi connectivity index (χ3v) is 3.91. The number of fused-ring (bicyclic) bond motifs is 2. The van der Waals surface area contributed by atoms with E-state index in [1.807, 2.05) is 11.0 Å². The van der Waals surface area contributed by atoms with Crippen molar-refractivity contribution in [3.63, 3.8) is 0 Å². The first kappa shape index (κ1) is 11.7. The second kappa shape index (κ2) is 4.49. The maximum Gasteiger partial charge on any atom is 0.246 e. The summed E-state index contributed by atoms with van der Waals surface area (Å²) in [5.41, 5.74) is 3.34. The van der Waals surface area contributed by atoms with Gasteiger partial charge in [-0.15, -0.1) is 0 Å². The molecule has 20 heavy (non-hydrogen) atoms. The predicted octanol–water partition coefficient (Wildman–Crippen LogP) is 0.456. The molecule has 1 amide bonds. The van der Waals surface area contributed by atoms with Gasteiger partial charge in [-0.25, -0.2) is 4.99 Å². The van der Waals surface area contributed by atoms with E-state index in [2.05, 4.69) is 27.3 Å². The van der Waals surface area contributed by atoms with Gasteiger partial charge in [-0.05, 0) is 23.8 Å². The van der Waals surface area contributed by atoms with Crippen LogP contribution in [0.3, 0.4) is 0 Å². The van der Waals surface area contributed by atoms with E-state index in [1.165, 1.54) is 11.3 Å². The van der Waals surface area contributed by atoms with Crippen LogP contribution in [0.2, 0.25) is 0 Å². The van der Waals surface area contributed by atoms with E-state index in [0.29, 0.717) is 12.5 Å². The van der Waals surface area contributed by atoms with Crippen molar-refractivity contribution >= 4 is 23.2 Å². The fourth-order valence-corrected chi connectivity index (χ4v) is 2.87. The monoisotopic (exact) mass is 272 g/mol. The summed E-state index contributed by atoms with van der Waals surface area (Å²) in [6, 6.07) is 6.32. The van der Waals surface area contributed by atoms with Crippen molar-refractivity contribution < 1.29 is 9.53 Å². The van der Waals surface area contributed by atoms with E-state index < -0.39 is 0 Å². The number of aliphatic imine (C=N–C) groups is 1. The summed E-state index contributed by atoms with van der Waals surface area (Å²) in [4.78, 5) is 20.2. The van der Waals surface area contributed by atoms with Crippen LogP contribution in [-0.2, 0) is 16.1 Å². The molecule has 6 nitrogen and oxygen atoms in total. The van der Waals surface area contributed by atoms with Crippen LogP contribution in [0.1, 0.15) is 5.56 Å². The van der Waals surface area contributed by atoms with E-state index in [9.17, 15) is 4.79 Å². The Hall–Kier alpha value is -2.08. The molecule has 0 atom stereocenters. The van der Waals surface area contributed by atoms with Crippen LogP contribution in [0.5, 0.6) is 0 Å². The molecule has 2 saturated heterocycles. The van der Waals surface area contributed by atoms with Crippen molar-refractivity contribution in [2.24, 2.45) is 4.99 Å². The fourth-order valence-electron chi connectivity index (χ4n) is 2.87. The lowest BCUT2D eigenvalue weighted by Crippen LogP contribution is -2.36. The molecule has 0 unspecified atom stereocenters. The largest absolute Gasteiger partial charge is 0.378 e. The molecule has 2 fully saturated rings. The summed E-state index contributed by atoms with van der Waals surface area (Å²) in [5, 5.41) is 2.78. The minimum atomic E-state index is 0.0185. The van der Waals surface area contributed by atoms with Crippen LogP contribution in [-0.4, -0.2) is 49.6 Å². The molecule has 104 valence electrons. The van der Waals surface area contributed by atoms with Crippen LogP contribution in [0.25, 0.3) is 0 Å². The zero-order valence-corrected chi connectivity index (χ0v) is 11.1. The maximum absolute atomic E-state index is 11.4. The summed E-state index contributed by atoms with van der Waals surface area (Å²) < 4.78 is 5.38. The average molecular weight is 272 g/mol. The summed E-state index contributed by atoms with van der Waals surface area (Å²) >= 11 is 0. The van der Waals surface area contributed by atoms with Gasteiger partial charge in [0.2, 0.25) is 11.9 Å². The number of benzene rings is 1. The molecule has 4 rings (SSSR count). The number of amides is 1. The number of ether oxygens (including phenoxy) is 1. The third kappa shape index (κ3) is 1.92. The lowest BCUT2D eigenvalue weighted by molar-refractivity contribution is -0.118. The Morgan fingerprint density at radius 3 is 2.85 bits per heavy atom. The van der Waals surface area contributed by atoms with Crippen LogP contribution in [0, 0.1) is 0 Å². The van der Waals surface area contributed by atoms with Crippen molar-refractivity contribution in [3.8, 4) is 0 Å². The van der Waals surface area contributed by atoms with Crippen molar-refractivity contribution in [3.05, 3.63) is 23.8 Å². The number of nitrogens with zero attached hydrogens (tertiary/aromatic N) is 3. The second-order valence-electron chi connectivity index (χ2n) is 5.25. The zero-order valence-electron chi connectivity index (χ0n) is 11.1. The van der Waals surface area contributed by atoms with Crippen molar-refractivity contribution in [2.75, 3.05) is 37.7 Å². The minimum absolute atomic E-state index is 0.0185. The molecule has 0 bridgehead atoms. The van der Waals surface area contributed by atoms with Crippen LogP contribution < -0.4 is 10.2 Å². The van der Waals surface area contributed by atoms with Gasteiger partial charge in [0.25, 0.3) is 0 Å². The first-order valence-corrected chi connectivity index (χ1v) is 6.89. The van der Waals surface area contributed by atoms with Gasteiger partial charge in [0, 0.05) is 25.3 Å². The molecule has 1 aromatic carbocycles. The molecule has 1 N–H and O–H groups in total. The number of morpholine rings is 1. The molecule has 6 heteroatoms. The van der Waals surface area contributed by atoms with E-state index in [0.717, 1.165) is 38.5 Å². The van der Waals surface area contributed by atoms with Gasteiger partial charge in [0.1, 0.15) is 6.54 Å². The predicted molar refractivity (Wildman–Crippen MR) is 75.1 cm³/mol. The van der Waals surface area contributed by atoms with Gasteiger partial charge >= 0.3 is 0 Å². The Morgan fingerprint density at radius 1 is 1.15 bits per heavy atom. The van der Waals surface area contributed by atoms with Gasteiger partial charge < -0.3 is 14.5 Å². The number of guanidine groups is 1. The van der Waals surface area contributed by atoms with Gasteiger partial charge in [-0.1, -0.05) is 0 Å². The quantitative estimate of drug-likeness (QED) is 0.807. The zero-order chi connectivity index (χ0) is 13.5. The number of anilines is 1. The molecule has 1 aromatic rings.